The fourth-order valence-corrected chi connectivity index (χ4v) is 4.41. The van der Waals surface area contributed by atoms with Crippen molar-refractivity contribution < 1.29 is 23.9 Å². The number of carboxylic acid groups (broad SMARTS) is 1. The van der Waals surface area contributed by atoms with E-state index in [1.165, 1.54) is 31.4 Å². The van der Waals surface area contributed by atoms with Crippen molar-refractivity contribution in [2.45, 2.75) is 51.2 Å². The van der Waals surface area contributed by atoms with Crippen LogP contribution < -0.4 is 5.32 Å². The summed E-state index contributed by atoms with van der Waals surface area (Å²) in [5.74, 6) is -1.97. The van der Waals surface area contributed by atoms with Crippen molar-refractivity contribution in [2.24, 2.45) is 0 Å². The van der Waals surface area contributed by atoms with Crippen molar-refractivity contribution in [3.8, 4) is 0 Å². The Morgan fingerprint density at radius 1 is 1.00 bits per heavy atom. The van der Waals surface area contributed by atoms with E-state index in [1.54, 1.807) is 36.4 Å². The molecule has 2 aromatic carbocycles. The molecular formula is C22H30NO5P. The van der Waals surface area contributed by atoms with E-state index in [1.807, 2.05) is 6.07 Å². The summed E-state index contributed by atoms with van der Waals surface area (Å²) in [5.41, 5.74) is 1.32. The first-order valence-electron chi connectivity index (χ1n) is 10.1. The molecule has 0 bridgehead atoms. The van der Waals surface area contributed by atoms with Crippen LogP contribution in [0, 0.1) is 0 Å². The van der Waals surface area contributed by atoms with E-state index in [4.69, 9.17) is 9.63 Å². The van der Waals surface area contributed by atoms with Crippen LogP contribution in [-0.4, -0.2) is 22.6 Å². The minimum absolute atomic E-state index is 0.151. The zero-order valence-electron chi connectivity index (χ0n) is 16.8. The highest BCUT2D eigenvalue weighted by Gasteiger charge is 2.34. The van der Waals surface area contributed by atoms with Crippen LogP contribution in [0.15, 0.2) is 54.6 Å². The molecule has 2 rings (SSSR count). The van der Waals surface area contributed by atoms with Crippen molar-refractivity contribution in [1.29, 1.82) is 0 Å². The first-order valence-corrected chi connectivity index (χ1v) is 11.7. The Bertz CT molecular complexity index is 795. The number of carboxylic acids is 1. The maximum atomic E-state index is 13.0. The van der Waals surface area contributed by atoms with Gasteiger partial charge in [0.25, 0.3) is 0 Å². The molecule has 0 aliphatic carbocycles. The SMILES string of the molecule is CCCCCCCCOP(=O)(O)C(Nc1ccc(C(=O)O)cc1)c1ccccc1. The van der Waals surface area contributed by atoms with Gasteiger partial charge in [-0.3, -0.25) is 4.57 Å². The summed E-state index contributed by atoms with van der Waals surface area (Å²) in [4.78, 5) is 21.7. The van der Waals surface area contributed by atoms with Crippen LogP contribution in [0.1, 0.15) is 67.2 Å². The van der Waals surface area contributed by atoms with Gasteiger partial charge in [0, 0.05) is 5.69 Å². The predicted octanol–water partition coefficient (Wildman–Crippen LogP) is 6.06. The lowest BCUT2D eigenvalue weighted by molar-refractivity contribution is 0.0697. The van der Waals surface area contributed by atoms with E-state index in [2.05, 4.69) is 12.2 Å². The van der Waals surface area contributed by atoms with E-state index in [-0.39, 0.29) is 12.2 Å². The topological polar surface area (TPSA) is 95.9 Å². The summed E-state index contributed by atoms with van der Waals surface area (Å²) in [6.45, 7) is 2.39. The minimum atomic E-state index is -4.01. The molecule has 0 fully saturated rings. The molecule has 158 valence electrons. The van der Waals surface area contributed by atoms with Crippen LogP contribution in [0.25, 0.3) is 0 Å². The minimum Gasteiger partial charge on any atom is -0.478 e. The highest BCUT2D eigenvalue weighted by molar-refractivity contribution is 7.53. The standard InChI is InChI=1S/C22H30NO5P/c1-2-3-4-5-6-10-17-28-29(26,27)21(18-11-8-7-9-12-18)23-20-15-13-19(14-16-20)22(24)25/h7-9,11-16,21,23H,2-6,10,17H2,1H3,(H,24,25)(H,26,27). The molecule has 0 aliphatic heterocycles. The summed E-state index contributed by atoms with van der Waals surface area (Å²) in [7, 11) is -4.01. The molecule has 3 N–H and O–H groups in total. The summed E-state index contributed by atoms with van der Waals surface area (Å²) in [6, 6.07) is 15.0. The van der Waals surface area contributed by atoms with Gasteiger partial charge in [-0.1, -0.05) is 69.4 Å². The van der Waals surface area contributed by atoms with E-state index in [9.17, 15) is 14.3 Å². The number of anilines is 1. The lowest BCUT2D eigenvalue weighted by Crippen LogP contribution is -2.13. The fraction of sp³-hybridized carbons (Fsp3) is 0.409. The van der Waals surface area contributed by atoms with Gasteiger partial charge < -0.3 is 19.8 Å². The summed E-state index contributed by atoms with van der Waals surface area (Å²) < 4.78 is 18.4. The van der Waals surface area contributed by atoms with Gasteiger partial charge in [0.05, 0.1) is 12.2 Å². The first-order chi connectivity index (χ1) is 13.9. The quantitative estimate of drug-likeness (QED) is 0.270. The summed E-state index contributed by atoms with van der Waals surface area (Å²) >= 11 is 0. The Morgan fingerprint density at radius 2 is 1.62 bits per heavy atom. The van der Waals surface area contributed by atoms with Gasteiger partial charge >= 0.3 is 13.6 Å². The monoisotopic (exact) mass is 419 g/mol. The molecule has 0 aliphatic rings. The zero-order valence-corrected chi connectivity index (χ0v) is 17.7. The summed E-state index contributed by atoms with van der Waals surface area (Å²) in [6.07, 6.45) is 6.38. The van der Waals surface area contributed by atoms with E-state index in [0.29, 0.717) is 11.3 Å². The lowest BCUT2D eigenvalue weighted by atomic mass is 10.1. The number of nitrogens with one attached hydrogen (secondary N) is 1. The third-order valence-corrected chi connectivity index (χ3v) is 6.28. The van der Waals surface area contributed by atoms with Crippen LogP contribution in [0.4, 0.5) is 5.69 Å². The van der Waals surface area contributed by atoms with E-state index >= 15 is 0 Å². The fourth-order valence-electron chi connectivity index (χ4n) is 3.01. The molecule has 0 heterocycles. The second-order valence-corrected chi connectivity index (χ2v) is 8.91. The largest absolute Gasteiger partial charge is 0.478 e. The Morgan fingerprint density at radius 3 is 2.24 bits per heavy atom. The van der Waals surface area contributed by atoms with Crippen LogP contribution in [0.2, 0.25) is 0 Å². The van der Waals surface area contributed by atoms with Gasteiger partial charge in [0.1, 0.15) is 0 Å². The average molecular weight is 419 g/mol. The molecule has 0 saturated carbocycles. The first kappa shape index (κ1) is 23.1. The smallest absolute Gasteiger partial charge is 0.354 e. The van der Waals surface area contributed by atoms with Crippen molar-refractivity contribution >= 4 is 19.3 Å². The lowest BCUT2D eigenvalue weighted by Gasteiger charge is -2.25. The van der Waals surface area contributed by atoms with E-state index in [0.717, 1.165) is 19.3 Å². The number of benzene rings is 2. The predicted molar refractivity (Wildman–Crippen MR) is 115 cm³/mol. The number of hydrogen-bond acceptors (Lipinski definition) is 4. The molecule has 2 aromatic rings. The molecule has 0 aromatic heterocycles. The van der Waals surface area contributed by atoms with Gasteiger partial charge in [-0.25, -0.2) is 4.79 Å². The maximum absolute atomic E-state index is 13.0. The Hall–Kier alpha value is -2.14. The third kappa shape index (κ3) is 7.65. The van der Waals surface area contributed by atoms with Gasteiger partial charge in [-0.05, 0) is 36.2 Å². The Labute approximate surface area is 172 Å². The van der Waals surface area contributed by atoms with Crippen LogP contribution in [0.5, 0.6) is 0 Å². The maximum Gasteiger partial charge on any atom is 0.354 e. The average Bonchev–Trinajstić information content (AvgIpc) is 2.72. The third-order valence-electron chi connectivity index (χ3n) is 4.65. The number of unbranched alkanes of at least 4 members (excludes halogenated alkanes) is 5. The van der Waals surface area contributed by atoms with E-state index < -0.39 is 19.3 Å². The van der Waals surface area contributed by atoms with Gasteiger partial charge in [-0.15, -0.1) is 0 Å². The van der Waals surface area contributed by atoms with Gasteiger partial charge in [0.2, 0.25) is 0 Å². The second kappa shape index (κ2) is 11.8. The molecule has 0 saturated heterocycles. The van der Waals surface area contributed by atoms with Crippen molar-refractivity contribution in [2.75, 3.05) is 11.9 Å². The molecule has 6 nitrogen and oxygen atoms in total. The molecular weight excluding hydrogens is 389 g/mol. The van der Waals surface area contributed by atoms with Crippen molar-refractivity contribution in [3.63, 3.8) is 0 Å². The molecule has 0 radical (unpaired) electrons. The highest BCUT2D eigenvalue weighted by Crippen LogP contribution is 2.56. The normalized spacial score (nSPS) is 14.1. The van der Waals surface area contributed by atoms with Gasteiger partial charge in [-0.2, -0.15) is 0 Å². The number of rotatable bonds is 13. The molecule has 2 atom stereocenters. The Balaban J connectivity index is 2.05. The number of carbonyl (C=O) groups is 1. The van der Waals surface area contributed by atoms with Crippen LogP contribution in [0.3, 0.4) is 0 Å². The molecule has 29 heavy (non-hydrogen) atoms. The molecule has 2 unspecified atom stereocenters. The van der Waals surface area contributed by atoms with Crippen molar-refractivity contribution in [1.82, 2.24) is 0 Å². The molecule has 0 amide bonds. The summed E-state index contributed by atoms with van der Waals surface area (Å²) in [5, 5.41) is 12.1. The van der Waals surface area contributed by atoms with Crippen LogP contribution in [-0.2, 0) is 9.09 Å². The van der Waals surface area contributed by atoms with Crippen LogP contribution >= 0.6 is 7.60 Å². The number of aromatic carboxylic acids is 1. The second-order valence-electron chi connectivity index (χ2n) is 7.01. The zero-order chi connectivity index (χ0) is 21.1. The molecule has 0 spiro atoms. The highest BCUT2D eigenvalue weighted by atomic mass is 31.2. The van der Waals surface area contributed by atoms with Crippen molar-refractivity contribution in [3.05, 3.63) is 65.7 Å². The number of hydrogen-bond donors (Lipinski definition) is 3. The van der Waals surface area contributed by atoms with Gasteiger partial charge in [0.15, 0.2) is 5.78 Å². The Kier molecular flexibility index (Phi) is 9.39. The molecule has 7 heteroatoms.